The van der Waals surface area contributed by atoms with Crippen molar-refractivity contribution in [3.8, 4) is 34.7 Å². The monoisotopic (exact) mass is 434 g/mol. The topological polar surface area (TPSA) is 89.9 Å². The third-order valence-electron chi connectivity index (χ3n) is 6.93. The van der Waals surface area contributed by atoms with Gasteiger partial charge >= 0.3 is 0 Å². The number of nitrogens with zero attached hydrogens (tertiary/aromatic N) is 5. The molecule has 2 N–H and O–H groups in total. The number of nitrogens with two attached hydrogens (primary N) is 1. The van der Waals surface area contributed by atoms with Gasteiger partial charge in [-0.05, 0) is 35.8 Å². The average Bonchev–Trinajstić information content (AvgIpc) is 3.57. The number of rotatable bonds is 3. The second kappa shape index (κ2) is 7.45. The Morgan fingerprint density at radius 2 is 1.67 bits per heavy atom. The van der Waals surface area contributed by atoms with Crippen LogP contribution >= 0.6 is 0 Å². The summed E-state index contributed by atoms with van der Waals surface area (Å²) in [5.74, 6) is 2.83. The average molecular weight is 435 g/mol. The van der Waals surface area contributed by atoms with E-state index in [-0.39, 0.29) is 18.0 Å². The van der Waals surface area contributed by atoms with Crippen LogP contribution in [0.3, 0.4) is 0 Å². The summed E-state index contributed by atoms with van der Waals surface area (Å²) in [6, 6.07) is 18.5. The highest BCUT2D eigenvalue weighted by Crippen LogP contribution is 2.46. The van der Waals surface area contributed by atoms with Crippen LogP contribution in [0.5, 0.6) is 0 Å². The fraction of sp³-hybridized carbons (Fsp3) is 0.231. The minimum Gasteiger partial charge on any atom is -0.383 e. The fourth-order valence-corrected chi connectivity index (χ4v) is 5.45. The van der Waals surface area contributed by atoms with Gasteiger partial charge in [0.15, 0.2) is 5.65 Å². The molecular formula is C26H22N6O. The van der Waals surface area contributed by atoms with Gasteiger partial charge in [0.2, 0.25) is 0 Å². The highest BCUT2D eigenvalue weighted by Gasteiger charge is 2.48. The SMILES string of the molecule is C#CC(=O)N1CC2CC1C(n1nc(-c3ccc(-c4ccccc4)cc3)c3c(N)ncnc31)C2. The van der Waals surface area contributed by atoms with E-state index in [2.05, 4.69) is 52.3 Å². The molecule has 2 aromatic carbocycles. The summed E-state index contributed by atoms with van der Waals surface area (Å²) in [7, 11) is 0. The maximum Gasteiger partial charge on any atom is 0.298 e. The predicted octanol–water partition coefficient (Wildman–Crippen LogP) is 3.54. The normalized spacial score (nSPS) is 21.4. The minimum atomic E-state index is -0.255. The standard InChI is InChI=1S/C26H22N6O/c1-2-22(33)31-14-16-12-20(31)21(13-16)32-26-23(25(27)28-15-29-26)24(30-32)19-10-8-18(9-11-19)17-6-4-3-5-7-17/h1,3-11,15-16,20-21H,12-14H2,(H2,27,28,29). The van der Waals surface area contributed by atoms with Crippen LogP contribution < -0.4 is 5.73 Å². The number of aromatic nitrogens is 4. The Labute approximate surface area is 191 Å². The van der Waals surface area contributed by atoms with Gasteiger partial charge in [0.05, 0.1) is 17.5 Å². The van der Waals surface area contributed by atoms with E-state index in [1.54, 1.807) is 0 Å². The molecule has 1 saturated carbocycles. The molecule has 0 radical (unpaired) electrons. The Balaban J connectivity index is 1.44. The second-order valence-corrected chi connectivity index (χ2v) is 8.77. The molecule has 1 saturated heterocycles. The number of piperidine rings is 1. The lowest BCUT2D eigenvalue weighted by atomic mass is 10.0. The van der Waals surface area contributed by atoms with E-state index < -0.39 is 0 Å². The van der Waals surface area contributed by atoms with Gasteiger partial charge in [0.1, 0.15) is 17.8 Å². The van der Waals surface area contributed by atoms with E-state index in [0.717, 1.165) is 40.6 Å². The molecule has 162 valence electrons. The zero-order valence-electron chi connectivity index (χ0n) is 17.9. The molecule has 3 heterocycles. The number of likely N-dealkylation sites (tertiary alicyclic amines) is 1. The Hall–Kier alpha value is -4.18. The quantitative estimate of drug-likeness (QED) is 0.498. The summed E-state index contributed by atoms with van der Waals surface area (Å²) in [5.41, 5.74) is 11.0. The minimum absolute atomic E-state index is 0.00944. The van der Waals surface area contributed by atoms with Gasteiger partial charge in [-0.3, -0.25) is 4.79 Å². The van der Waals surface area contributed by atoms with Gasteiger partial charge in [0.25, 0.3) is 5.91 Å². The van der Waals surface area contributed by atoms with Crippen LogP contribution in [0.25, 0.3) is 33.4 Å². The number of hydrogen-bond acceptors (Lipinski definition) is 5. The van der Waals surface area contributed by atoms with Crippen molar-refractivity contribution in [2.24, 2.45) is 5.92 Å². The van der Waals surface area contributed by atoms with E-state index in [0.29, 0.717) is 23.9 Å². The molecule has 6 rings (SSSR count). The van der Waals surface area contributed by atoms with Gasteiger partial charge in [-0.2, -0.15) is 5.10 Å². The molecular weight excluding hydrogens is 412 g/mol. The lowest BCUT2D eigenvalue weighted by Crippen LogP contribution is -2.42. The Morgan fingerprint density at radius 3 is 2.39 bits per heavy atom. The van der Waals surface area contributed by atoms with Crippen molar-refractivity contribution >= 4 is 22.8 Å². The lowest BCUT2D eigenvalue weighted by Gasteiger charge is -2.32. The van der Waals surface area contributed by atoms with Crippen LogP contribution in [-0.4, -0.2) is 43.1 Å². The van der Waals surface area contributed by atoms with Gasteiger partial charge < -0.3 is 10.6 Å². The van der Waals surface area contributed by atoms with Crippen molar-refractivity contribution in [3.05, 3.63) is 60.9 Å². The van der Waals surface area contributed by atoms with Crippen molar-refractivity contribution in [1.29, 1.82) is 0 Å². The first-order valence-electron chi connectivity index (χ1n) is 11.1. The summed E-state index contributed by atoms with van der Waals surface area (Å²) in [6.07, 6.45) is 8.75. The number of anilines is 1. The number of hydrogen-bond donors (Lipinski definition) is 1. The lowest BCUT2D eigenvalue weighted by molar-refractivity contribution is -0.127. The number of nitrogen functional groups attached to an aromatic ring is 1. The van der Waals surface area contributed by atoms with Crippen molar-refractivity contribution in [1.82, 2.24) is 24.6 Å². The van der Waals surface area contributed by atoms with Crippen LogP contribution in [0, 0.1) is 18.3 Å². The van der Waals surface area contributed by atoms with Crippen molar-refractivity contribution in [2.45, 2.75) is 24.9 Å². The summed E-state index contributed by atoms with van der Waals surface area (Å²) in [4.78, 5) is 22.9. The van der Waals surface area contributed by atoms with E-state index in [9.17, 15) is 4.79 Å². The molecule has 3 atom stereocenters. The second-order valence-electron chi connectivity index (χ2n) is 8.77. The summed E-state index contributed by atoms with van der Waals surface area (Å²) in [5, 5.41) is 5.73. The highest BCUT2D eigenvalue weighted by atomic mass is 16.2. The van der Waals surface area contributed by atoms with Crippen molar-refractivity contribution in [2.75, 3.05) is 12.3 Å². The Kier molecular flexibility index (Phi) is 4.40. The third-order valence-corrected chi connectivity index (χ3v) is 6.93. The van der Waals surface area contributed by atoms with Gasteiger partial charge in [0, 0.05) is 12.1 Å². The molecule has 2 aromatic heterocycles. The first-order chi connectivity index (χ1) is 16.1. The van der Waals surface area contributed by atoms with Crippen LogP contribution in [0.2, 0.25) is 0 Å². The number of carbonyl (C=O) groups excluding carboxylic acids is 1. The smallest absolute Gasteiger partial charge is 0.298 e. The number of benzene rings is 2. The first kappa shape index (κ1) is 19.5. The first-order valence-corrected chi connectivity index (χ1v) is 11.1. The predicted molar refractivity (Wildman–Crippen MR) is 127 cm³/mol. The molecule has 2 bridgehead atoms. The molecule has 0 spiro atoms. The molecule has 7 heteroatoms. The molecule has 1 aliphatic heterocycles. The van der Waals surface area contributed by atoms with Gasteiger partial charge in [-0.25, -0.2) is 14.6 Å². The summed E-state index contributed by atoms with van der Waals surface area (Å²) in [6.45, 7) is 0.717. The van der Waals surface area contributed by atoms with E-state index in [4.69, 9.17) is 17.3 Å². The van der Waals surface area contributed by atoms with Crippen LogP contribution in [0.1, 0.15) is 18.9 Å². The van der Waals surface area contributed by atoms with E-state index >= 15 is 0 Å². The Morgan fingerprint density at radius 1 is 0.970 bits per heavy atom. The maximum absolute atomic E-state index is 12.3. The van der Waals surface area contributed by atoms with Crippen molar-refractivity contribution < 1.29 is 4.79 Å². The maximum atomic E-state index is 12.3. The highest BCUT2D eigenvalue weighted by molar-refractivity contribution is 5.98. The molecule has 3 unspecified atom stereocenters. The fourth-order valence-electron chi connectivity index (χ4n) is 5.45. The van der Waals surface area contributed by atoms with Crippen LogP contribution in [-0.2, 0) is 4.79 Å². The molecule has 33 heavy (non-hydrogen) atoms. The molecule has 4 aromatic rings. The van der Waals surface area contributed by atoms with Gasteiger partial charge in [-0.15, -0.1) is 6.42 Å². The molecule has 2 aliphatic rings. The summed E-state index contributed by atoms with van der Waals surface area (Å²) < 4.78 is 1.94. The number of terminal acetylenes is 1. The number of amides is 1. The zero-order chi connectivity index (χ0) is 22.5. The summed E-state index contributed by atoms with van der Waals surface area (Å²) >= 11 is 0. The molecule has 1 aliphatic carbocycles. The molecule has 1 amide bonds. The number of fused-ring (bicyclic) bond motifs is 3. The van der Waals surface area contributed by atoms with Crippen LogP contribution in [0.4, 0.5) is 5.82 Å². The molecule has 2 fully saturated rings. The largest absolute Gasteiger partial charge is 0.383 e. The van der Waals surface area contributed by atoms with Gasteiger partial charge in [-0.1, -0.05) is 54.6 Å². The van der Waals surface area contributed by atoms with Crippen LogP contribution in [0.15, 0.2) is 60.9 Å². The third kappa shape index (κ3) is 3.06. The van der Waals surface area contributed by atoms with Crippen molar-refractivity contribution in [3.63, 3.8) is 0 Å². The van der Waals surface area contributed by atoms with E-state index in [1.807, 2.05) is 27.8 Å². The van der Waals surface area contributed by atoms with E-state index in [1.165, 1.54) is 6.33 Å². The zero-order valence-corrected chi connectivity index (χ0v) is 17.9. The molecule has 7 nitrogen and oxygen atoms in total. The Bertz CT molecular complexity index is 1400. The number of carbonyl (C=O) groups is 1.